The molecule has 1 aliphatic rings. The Morgan fingerprint density at radius 2 is 2.04 bits per heavy atom. The van der Waals surface area contributed by atoms with Crippen LogP contribution in [0.1, 0.15) is 29.8 Å². The highest BCUT2D eigenvalue weighted by molar-refractivity contribution is 5.89. The van der Waals surface area contributed by atoms with Crippen molar-refractivity contribution < 1.29 is 18.0 Å². The average Bonchev–Trinajstić information content (AvgIpc) is 3.03. The van der Waals surface area contributed by atoms with Gasteiger partial charge < -0.3 is 5.32 Å². The number of alkyl halides is 3. The molecule has 9 heteroatoms. The van der Waals surface area contributed by atoms with Crippen LogP contribution in [0.15, 0.2) is 12.3 Å². The summed E-state index contributed by atoms with van der Waals surface area (Å²) < 4.78 is 42.0. The topological polar surface area (TPSA) is 64.7 Å². The Hall–Kier alpha value is -2.32. The lowest BCUT2D eigenvalue weighted by Gasteiger charge is -2.14. The number of anilines is 1. The van der Waals surface area contributed by atoms with E-state index >= 15 is 0 Å². The number of carbonyl (C=O) groups excluding carboxylic acids is 1. The molecule has 0 spiro atoms. The third-order valence-corrected chi connectivity index (χ3v) is 3.80. The number of hydrogen-bond donors (Lipinski definition) is 1. The first-order valence-electron chi connectivity index (χ1n) is 7.30. The highest BCUT2D eigenvalue weighted by Crippen LogP contribution is 2.35. The molecule has 0 aliphatic heterocycles. The van der Waals surface area contributed by atoms with E-state index in [0.29, 0.717) is 30.8 Å². The maximum atomic E-state index is 13.1. The summed E-state index contributed by atoms with van der Waals surface area (Å²) in [7, 11) is 1.70. The zero-order valence-corrected chi connectivity index (χ0v) is 12.5. The first kappa shape index (κ1) is 15.6. The number of aromatic nitrogens is 4. The van der Waals surface area contributed by atoms with Crippen LogP contribution in [0, 0.1) is 0 Å². The SMILES string of the molecule is Cn1ccc(NC(=O)Cn2nc(C(F)(F)F)c3c2CCCC3)n1. The number of hydrogen-bond acceptors (Lipinski definition) is 3. The second kappa shape index (κ2) is 5.71. The van der Waals surface area contributed by atoms with E-state index in [9.17, 15) is 18.0 Å². The Kier molecular flexibility index (Phi) is 3.87. The maximum absolute atomic E-state index is 13.1. The predicted molar refractivity (Wildman–Crippen MR) is 75.7 cm³/mol. The van der Waals surface area contributed by atoms with Crippen LogP contribution in [0.3, 0.4) is 0 Å². The van der Waals surface area contributed by atoms with Gasteiger partial charge in [0, 0.05) is 30.6 Å². The molecule has 0 atom stereocenters. The average molecular weight is 327 g/mol. The van der Waals surface area contributed by atoms with Crippen molar-refractivity contribution in [3.8, 4) is 0 Å². The Morgan fingerprint density at radius 3 is 2.70 bits per heavy atom. The van der Waals surface area contributed by atoms with Crippen LogP contribution in [0.25, 0.3) is 0 Å². The van der Waals surface area contributed by atoms with Gasteiger partial charge in [-0.2, -0.15) is 23.4 Å². The molecule has 0 aromatic carbocycles. The summed E-state index contributed by atoms with van der Waals surface area (Å²) in [5.41, 5.74) is -0.119. The number of nitrogens with zero attached hydrogens (tertiary/aromatic N) is 4. The van der Waals surface area contributed by atoms with Gasteiger partial charge in [-0.25, -0.2) is 0 Å². The van der Waals surface area contributed by atoms with Crippen LogP contribution in [-0.2, 0) is 37.4 Å². The van der Waals surface area contributed by atoms with Gasteiger partial charge in [0.25, 0.3) is 0 Å². The van der Waals surface area contributed by atoms with Gasteiger partial charge in [-0.15, -0.1) is 0 Å². The molecule has 2 heterocycles. The largest absolute Gasteiger partial charge is 0.435 e. The van der Waals surface area contributed by atoms with Crippen molar-refractivity contribution in [1.82, 2.24) is 19.6 Å². The minimum absolute atomic E-state index is 0.231. The molecule has 6 nitrogen and oxygen atoms in total. The van der Waals surface area contributed by atoms with Gasteiger partial charge >= 0.3 is 6.18 Å². The Bertz CT molecular complexity index is 731. The van der Waals surface area contributed by atoms with E-state index < -0.39 is 17.8 Å². The Balaban J connectivity index is 1.82. The lowest BCUT2D eigenvalue weighted by Crippen LogP contribution is -2.22. The van der Waals surface area contributed by atoms with Crippen LogP contribution in [0.2, 0.25) is 0 Å². The van der Waals surface area contributed by atoms with Gasteiger partial charge in [-0.1, -0.05) is 0 Å². The number of carbonyl (C=O) groups is 1. The molecule has 1 N–H and O–H groups in total. The van der Waals surface area contributed by atoms with Gasteiger partial charge in [-0.3, -0.25) is 14.2 Å². The summed E-state index contributed by atoms with van der Waals surface area (Å²) in [4.78, 5) is 12.0. The molecule has 2 aromatic heterocycles. The van der Waals surface area contributed by atoms with Crippen LogP contribution in [-0.4, -0.2) is 25.5 Å². The lowest BCUT2D eigenvalue weighted by atomic mass is 9.95. The van der Waals surface area contributed by atoms with Crippen molar-refractivity contribution in [2.75, 3.05) is 5.32 Å². The van der Waals surface area contributed by atoms with Crippen LogP contribution < -0.4 is 5.32 Å². The normalized spacial score (nSPS) is 14.6. The summed E-state index contributed by atoms with van der Waals surface area (Å²) in [6, 6.07) is 1.61. The zero-order chi connectivity index (χ0) is 16.6. The van der Waals surface area contributed by atoms with Crippen molar-refractivity contribution in [1.29, 1.82) is 0 Å². The molecular weight excluding hydrogens is 311 g/mol. The van der Waals surface area contributed by atoms with E-state index in [0.717, 1.165) is 6.42 Å². The number of aryl methyl sites for hydroxylation is 1. The van der Waals surface area contributed by atoms with E-state index in [1.165, 1.54) is 9.36 Å². The summed E-state index contributed by atoms with van der Waals surface area (Å²) in [6.45, 7) is -0.255. The first-order valence-corrected chi connectivity index (χ1v) is 7.30. The minimum Gasteiger partial charge on any atom is -0.308 e. The fourth-order valence-electron chi connectivity index (χ4n) is 2.83. The molecule has 0 saturated carbocycles. The molecule has 3 rings (SSSR count). The molecule has 23 heavy (non-hydrogen) atoms. The third-order valence-electron chi connectivity index (χ3n) is 3.80. The fraction of sp³-hybridized carbons (Fsp3) is 0.500. The van der Waals surface area contributed by atoms with Crippen LogP contribution >= 0.6 is 0 Å². The predicted octanol–water partition coefficient (Wildman–Crippen LogP) is 2.15. The summed E-state index contributed by atoms with van der Waals surface area (Å²) in [6.07, 6.45) is -0.460. The molecule has 0 saturated heterocycles. The van der Waals surface area contributed by atoms with Gasteiger partial charge in [0.05, 0.1) is 0 Å². The third kappa shape index (κ3) is 3.22. The molecule has 0 unspecified atom stereocenters. The smallest absolute Gasteiger partial charge is 0.308 e. The van der Waals surface area contributed by atoms with Crippen LogP contribution in [0.5, 0.6) is 0 Å². The van der Waals surface area contributed by atoms with E-state index in [4.69, 9.17) is 0 Å². The molecule has 0 bridgehead atoms. The molecule has 2 aromatic rings. The molecular formula is C14H16F3N5O. The minimum atomic E-state index is -4.50. The molecule has 0 fully saturated rings. The van der Waals surface area contributed by atoms with E-state index in [1.807, 2.05) is 0 Å². The monoisotopic (exact) mass is 327 g/mol. The van der Waals surface area contributed by atoms with Crippen molar-refractivity contribution in [2.24, 2.45) is 7.05 Å². The van der Waals surface area contributed by atoms with Gasteiger partial charge in [0.15, 0.2) is 11.5 Å². The summed E-state index contributed by atoms with van der Waals surface area (Å²) in [5, 5.41) is 10.2. The molecule has 1 amide bonds. The molecule has 1 aliphatic carbocycles. The fourth-order valence-corrected chi connectivity index (χ4v) is 2.83. The number of halogens is 3. The van der Waals surface area contributed by atoms with Crippen molar-refractivity contribution in [3.63, 3.8) is 0 Å². The van der Waals surface area contributed by atoms with Crippen molar-refractivity contribution >= 4 is 11.7 Å². The van der Waals surface area contributed by atoms with Crippen LogP contribution in [0.4, 0.5) is 19.0 Å². The Morgan fingerprint density at radius 1 is 1.30 bits per heavy atom. The standard InChI is InChI=1S/C14H16F3N5O/c1-21-7-6-11(19-21)18-12(23)8-22-10-5-3-2-4-9(10)13(20-22)14(15,16)17/h6-7H,2-5,8H2,1H3,(H,18,19,23). The van der Waals surface area contributed by atoms with E-state index in [2.05, 4.69) is 15.5 Å². The maximum Gasteiger partial charge on any atom is 0.435 e. The summed E-state index contributed by atoms with van der Waals surface area (Å²) >= 11 is 0. The van der Waals surface area contributed by atoms with E-state index in [-0.39, 0.29) is 12.1 Å². The van der Waals surface area contributed by atoms with Gasteiger partial charge in [0.2, 0.25) is 5.91 Å². The first-order chi connectivity index (χ1) is 10.8. The van der Waals surface area contributed by atoms with E-state index in [1.54, 1.807) is 19.3 Å². The highest BCUT2D eigenvalue weighted by atomic mass is 19.4. The van der Waals surface area contributed by atoms with Crippen molar-refractivity contribution in [3.05, 3.63) is 29.2 Å². The number of amides is 1. The van der Waals surface area contributed by atoms with Crippen molar-refractivity contribution in [2.45, 2.75) is 38.4 Å². The zero-order valence-electron chi connectivity index (χ0n) is 12.5. The molecule has 0 radical (unpaired) electrons. The molecule has 124 valence electrons. The number of nitrogens with one attached hydrogen (secondary N) is 1. The highest BCUT2D eigenvalue weighted by Gasteiger charge is 2.39. The number of rotatable bonds is 3. The second-order valence-corrected chi connectivity index (χ2v) is 5.56. The van der Waals surface area contributed by atoms with Gasteiger partial charge in [-0.05, 0) is 25.7 Å². The lowest BCUT2D eigenvalue weighted by molar-refractivity contribution is -0.142. The summed E-state index contributed by atoms with van der Waals surface area (Å²) in [5.74, 6) is -0.0946. The quantitative estimate of drug-likeness (QED) is 0.939. The number of fused-ring (bicyclic) bond motifs is 1. The van der Waals surface area contributed by atoms with Gasteiger partial charge in [0.1, 0.15) is 6.54 Å². The second-order valence-electron chi connectivity index (χ2n) is 5.56. The Labute approximate surface area is 130 Å².